The topological polar surface area (TPSA) is 61.4 Å². The summed E-state index contributed by atoms with van der Waals surface area (Å²) in [5.74, 6) is -0.0318. The van der Waals surface area contributed by atoms with Crippen molar-refractivity contribution < 1.29 is 9.90 Å². The molecule has 0 fully saturated rings. The molecule has 0 aliphatic heterocycles. The monoisotopic (exact) mass is 188 g/mol. The molecule has 0 spiro atoms. The molecule has 1 amide bonds. The molecule has 0 aliphatic rings. The zero-order chi connectivity index (χ0) is 10.3. The molecule has 4 heteroatoms. The highest BCUT2D eigenvalue weighted by Crippen LogP contribution is 2.06. The Balaban J connectivity index is 3.78. The van der Waals surface area contributed by atoms with Crippen LogP contribution in [0, 0.1) is 0 Å². The summed E-state index contributed by atoms with van der Waals surface area (Å²) in [6.45, 7) is 6.69. The molecule has 0 heterocycles. The number of rotatable bonds is 6. The zero-order valence-corrected chi connectivity index (χ0v) is 8.68. The number of carbonyl (C=O) groups is 1. The van der Waals surface area contributed by atoms with E-state index in [1.165, 1.54) is 0 Å². The maximum Gasteiger partial charge on any atom is 0.233 e. The van der Waals surface area contributed by atoms with E-state index in [1.54, 1.807) is 0 Å². The minimum absolute atomic E-state index is 0.0318. The molecule has 4 nitrogen and oxygen atoms in total. The SMILES string of the molecule is CCNC(=O)CNC(C)(CC)CO. The molecule has 3 N–H and O–H groups in total. The summed E-state index contributed by atoms with van der Waals surface area (Å²) < 4.78 is 0. The molecule has 0 aromatic carbocycles. The first-order chi connectivity index (χ1) is 6.08. The zero-order valence-electron chi connectivity index (χ0n) is 8.68. The lowest BCUT2D eigenvalue weighted by Gasteiger charge is -2.26. The Morgan fingerprint density at radius 2 is 2.08 bits per heavy atom. The molecule has 0 aromatic heterocycles. The van der Waals surface area contributed by atoms with Gasteiger partial charge in [-0.25, -0.2) is 0 Å². The molecule has 13 heavy (non-hydrogen) atoms. The Hall–Kier alpha value is -0.610. The van der Waals surface area contributed by atoms with E-state index in [4.69, 9.17) is 5.11 Å². The predicted octanol–water partition coefficient (Wildman–Crippen LogP) is -0.127. The van der Waals surface area contributed by atoms with Gasteiger partial charge in [-0.05, 0) is 20.3 Å². The molecule has 1 atom stereocenters. The van der Waals surface area contributed by atoms with Crippen LogP contribution in [0.3, 0.4) is 0 Å². The van der Waals surface area contributed by atoms with Crippen molar-refractivity contribution in [3.8, 4) is 0 Å². The molecule has 78 valence electrons. The van der Waals surface area contributed by atoms with E-state index in [0.29, 0.717) is 6.54 Å². The van der Waals surface area contributed by atoms with Gasteiger partial charge in [0.2, 0.25) is 5.91 Å². The number of amides is 1. The van der Waals surface area contributed by atoms with Gasteiger partial charge < -0.3 is 15.7 Å². The van der Waals surface area contributed by atoms with Crippen molar-refractivity contribution in [2.24, 2.45) is 0 Å². The highest BCUT2D eigenvalue weighted by Gasteiger charge is 2.20. The van der Waals surface area contributed by atoms with E-state index in [1.807, 2.05) is 20.8 Å². The van der Waals surface area contributed by atoms with Crippen molar-refractivity contribution in [1.82, 2.24) is 10.6 Å². The number of likely N-dealkylation sites (N-methyl/N-ethyl adjacent to an activating group) is 1. The average molecular weight is 188 g/mol. The van der Waals surface area contributed by atoms with Crippen LogP contribution in [0.5, 0.6) is 0 Å². The second-order valence-corrected chi connectivity index (χ2v) is 3.38. The molecule has 0 aliphatic carbocycles. The molecule has 0 saturated carbocycles. The summed E-state index contributed by atoms with van der Waals surface area (Å²) in [7, 11) is 0. The standard InChI is InChI=1S/C9H20N2O2/c1-4-9(3,7-12)11-6-8(13)10-5-2/h11-12H,4-7H2,1-3H3,(H,10,13). The third-order valence-corrected chi connectivity index (χ3v) is 2.18. The van der Waals surface area contributed by atoms with Gasteiger partial charge in [-0.3, -0.25) is 4.79 Å². The van der Waals surface area contributed by atoms with Gasteiger partial charge in [-0.1, -0.05) is 6.92 Å². The summed E-state index contributed by atoms with van der Waals surface area (Å²) in [5.41, 5.74) is -0.342. The molecule has 1 unspecified atom stereocenters. The smallest absolute Gasteiger partial charge is 0.233 e. The molecule has 0 aromatic rings. The summed E-state index contributed by atoms with van der Waals surface area (Å²) in [6.07, 6.45) is 0.795. The van der Waals surface area contributed by atoms with Crippen LogP contribution in [0.4, 0.5) is 0 Å². The normalized spacial score (nSPS) is 15.1. The predicted molar refractivity (Wildman–Crippen MR) is 52.5 cm³/mol. The van der Waals surface area contributed by atoms with Crippen molar-refractivity contribution in [3.05, 3.63) is 0 Å². The average Bonchev–Trinajstić information content (AvgIpc) is 2.15. The van der Waals surface area contributed by atoms with Gasteiger partial charge in [-0.15, -0.1) is 0 Å². The Morgan fingerprint density at radius 1 is 1.46 bits per heavy atom. The van der Waals surface area contributed by atoms with Crippen molar-refractivity contribution in [2.45, 2.75) is 32.7 Å². The van der Waals surface area contributed by atoms with Crippen LogP contribution in [-0.4, -0.2) is 36.2 Å². The van der Waals surface area contributed by atoms with Crippen molar-refractivity contribution >= 4 is 5.91 Å². The van der Waals surface area contributed by atoms with Gasteiger partial charge in [0.1, 0.15) is 0 Å². The minimum Gasteiger partial charge on any atom is -0.394 e. The van der Waals surface area contributed by atoms with Crippen LogP contribution in [-0.2, 0) is 4.79 Å². The molecule has 0 radical (unpaired) electrons. The van der Waals surface area contributed by atoms with Crippen LogP contribution in [0.15, 0.2) is 0 Å². The summed E-state index contributed by atoms with van der Waals surface area (Å²) >= 11 is 0. The number of nitrogens with one attached hydrogen (secondary N) is 2. The molecule has 0 rings (SSSR count). The summed E-state index contributed by atoms with van der Waals surface area (Å²) in [4.78, 5) is 11.1. The van der Waals surface area contributed by atoms with Crippen LogP contribution in [0.2, 0.25) is 0 Å². The molecule has 0 bridgehead atoms. The quantitative estimate of drug-likeness (QED) is 0.544. The van der Waals surface area contributed by atoms with Gasteiger partial charge in [-0.2, -0.15) is 0 Å². The van der Waals surface area contributed by atoms with Crippen molar-refractivity contribution in [3.63, 3.8) is 0 Å². The lowest BCUT2D eigenvalue weighted by atomic mass is 10.0. The number of hydrogen-bond donors (Lipinski definition) is 3. The van der Waals surface area contributed by atoms with E-state index in [-0.39, 0.29) is 24.6 Å². The second-order valence-electron chi connectivity index (χ2n) is 3.38. The second kappa shape index (κ2) is 5.94. The van der Waals surface area contributed by atoms with Gasteiger partial charge in [0.25, 0.3) is 0 Å². The van der Waals surface area contributed by atoms with E-state index >= 15 is 0 Å². The Labute approximate surface area is 79.7 Å². The fourth-order valence-corrected chi connectivity index (χ4v) is 0.846. The summed E-state index contributed by atoms with van der Waals surface area (Å²) in [5, 5.41) is 14.7. The number of aliphatic hydroxyl groups is 1. The summed E-state index contributed by atoms with van der Waals surface area (Å²) in [6, 6.07) is 0. The largest absolute Gasteiger partial charge is 0.394 e. The maximum atomic E-state index is 11.1. The first-order valence-corrected chi connectivity index (χ1v) is 4.70. The van der Waals surface area contributed by atoms with E-state index in [0.717, 1.165) is 6.42 Å². The van der Waals surface area contributed by atoms with E-state index in [2.05, 4.69) is 10.6 Å². The Morgan fingerprint density at radius 3 is 2.46 bits per heavy atom. The molecular formula is C9H20N2O2. The van der Waals surface area contributed by atoms with Crippen molar-refractivity contribution in [1.29, 1.82) is 0 Å². The van der Waals surface area contributed by atoms with Crippen molar-refractivity contribution in [2.75, 3.05) is 19.7 Å². The Kier molecular flexibility index (Phi) is 5.66. The lowest BCUT2D eigenvalue weighted by Crippen LogP contribution is -2.49. The lowest BCUT2D eigenvalue weighted by molar-refractivity contribution is -0.120. The highest BCUT2D eigenvalue weighted by molar-refractivity contribution is 5.77. The van der Waals surface area contributed by atoms with Gasteiger partial charge >= 0.3 is 0 Å². The van der Waals surface area contributed by atoms with E-state index in [9.17, 15) is 4.79 Å². The first-order valence-electron chi connectivity index (χ1n) is 4.70. The Bertz CT molecular complexity index is 156. The van der Waals surface area contributed by atoms with Crippen LogP contribution in [0.25, 0.3) is 0 Å². The third kappa shape index (κ3) is 4.85. The van der Waals surface area contributed by atoms with Gasteiger partial charge in [0, 0.05) is 12.1 Å². The number of carbonyl (C=O) groups excluding carboxylic acids is 1. The first kappa shape index (κ1) is 12.4. The third-order valence-electron chi connectivity index (χ3n) is 2.18. The van der Waals surface area contributed by atoms with Crippen LogP contribution >= 0.6 is 0 Å². The minimum atomic E-state index is -0.342. The molecular weight excluding hydrogens is 168 g/mol. The van der Waals surface area contributed by atoms with Gasteiger partial charge in [0.05, 0.1) is 13.2 Å². The van der Waals surface area contributed by atoms with Crippen LogP contribution < -0.4 is 10.6 Å². The van der Waals surface area contributed by atoms with E-state index < -0.39 is 0 Å². The fourth-order valence-electron chi connectivity index (χ4n) is 0.846. The molecule has 0 saturated heterocycles. The van der Waals surface area contributed by atoms with Crippen LogP contribution in [0.1, 0.15) is 27.2 Å². The maximum absolute atomic E-state index is 11.1. The van der Waals surface area contributed by atoms with Gasteiger partial charge in [0.15, 0.2) is 0 Å². The highest BCUT2D eigenvalue weighted by atomic mass is 16.3. The number of hydrogen-bond acceptors (Lipinski definition) is 3. The number of aliphatic hydroxyl groups excluding tert-OH is 1. The fraction of sp³-hybridized carbons (Fsp3) is 0.889.